The topological polar surface area (TPSA) is 119 Å². The average Bonchev–Trinajstić information content (AvgIpc) is 3.57. The molecule has 0 unspecified atom stereocenters. The van der Waals surface area contributed by atoms with Gasteiger partial charge in [0.1, 0.15) is 11.1 Å². The number of anilines is 2. The van der Waals surface area contributed by atoms with Crippen LogP contribution >= 0.6 is 11.3 Å². The van der Waals surface area contributed by atoms with E-state index >= 15 is 0 Å². The SMILES string of the molecule is CC(=O)Nc1nc2c(Oc3cc(-c4ccc(C(F)(F)F)cc4)nc(NC[C@@H]4CCCN4C(=O)OC(C)(C)C)n3)cccc2s1. The molecule has 3 heterocycles. The first-order chi connectivity index (χ1) is 20.7. The van der Waals surface area contributed by atoms with Crippen molar-refractivity contribution in [2.45, 2.75) is 58.4 Å². The highest BCUT2D eigenvalue weighted by molar-refractivity contribution is 7.22. The molecule has 2 amide bonds. The summed E-state index contributed by atoms with van der Waals surface area (Å²) in [7, 11) is 0. The lowest BCUT2D eigenvalue weighted by atomic mass is 10.1. The van der Waals surface area contributed by atoms with Crippen molar-refractivity contribution in [3.8, 4) is 22.9 Å². The molecule has 0 spiro atoms. The van der Waals surface area contributed by atoms with Gasteiger partial charge in [-0.05, 0) is 57.9 Å². The van der Waals surface area contributed by atoms with Gasteiger partial charge in [-0.25, -0.2) is 14.8 Å². The number of amides is 2. The molecule has 2 aromatic carbocycles. The Labute approximate surface area is 255 Å². The molecule has 232 valence electrons. The number of nitrogens with one attached hydrogen (secondary N) is 2. The number of carbonyl (C=O) groups is 2. The van der Waals surface area contributed by atoms with Crippen molar-refractivity contribution in [2.75, 3.05) is 23.7 Å². The van der Waals surface area contributed by atoms with Gasteiger partial charge in [-0.2, -0.15) is 18.2 Å². The number of nitrogens with zero attached hydrogens (tertiary/aromatic N) is 4. The third-order valence-electron chi connectivity index (χ3n) is 6.59. The molecule has 10 nitrogen and oxygen atoms in total. The first-order valence-corrected chi connectivity index (χ1v) is 14.7. The van der Waals surface area contributed by atoms with Crippen LogP contribution in [0.15, 0.2) is 48.5 Å². The number of para-hydroxylation sites is 1. The van der Waals surface area contributed by atoms with Gasteiger partial charge in [0.05, 0.1) is 22.0 Å². The number of ether oxygens (including phenoxy) is 2. The van der Waals surface area contributed by atoms with Crippen LogP contribution in [-0.2, 0) is 15.7 Å². The summed E-state index contributed by atoms with van der Waals surface area (Å²) in [5, 5.41) is 6.25. The van der Waals surface area contributed by atoms with Crippen LogP contribution < -0.4 is 15.4 Å². The number of fused-ring (bicyclic) bond motifs is 1. The molecule has 2 N–H and O–H groups in total. The van der Waals surface area contributed by atoms with Gasteiger partial charge in [0.2, 0.25) is 17.7 Å². The summed E-state index contributed by atoms with van der Waals surface area (Å²) in [4.78, 5) is 39.5. The minimum absolute atomic E-state index is 0.120. The molecular weight excluding hydrogens is 597 g/mol. The van der Waals surface area contributed by atoms with E-state index in [2.05, 4.69) is 25.6 Å². The molecule has 0 radical (unpaired) electrons. The Balaban J connectivity index is 1.44. The highest BCUT2D eigenvalue weighted by atomic mass is 32.1. The highest BCUT2D eigenvalue weighted by Crippen LogP contribution is 2.36. The zero-order valence-electron chi connectivity index (χ0n) is 24.5. The monoisotopic (exact) mass is 628 g/mol. The molecule has 1 fully saturated rings. The van der Waals surface area contributed by atoms with Crippen LogP contribution in [0.25, 0.3) is 21.5 Å². The van der Waals surface area contributed by atoms with E-state index in [1.807, 2.05) is 26.8 Å². The second-order valence-corrected chi connectivity index (χ2v) is 12.3. The van der Waals surface area contributed by atoms with Crippen molar-refractivity contribution in [1.82, 2.24) is 19.9 Å². The zero-order valence-corrected chi connectivity index (χ0v) is 25.3. The molecule has 1 atom stereocenters. The van der Waals surface area contributed by atoms with Crippen LogP contribution in [0.1, 0.15) is 46.1 Å². The number of likely N-dealkylation sites (tertiary alicyclic amines) is 1. The van der Waals surface area contributed by atoms with Crippen LogP contribution in [0.5, 0.6) is 11.6 Å². The Hall–Kier alpha value is -4.46. The van der Waals surface area contributed by atoms with Gasteiger partial charge < -0.3 is 25.0 Å². The summed E-state index contributed by atoms with van der Waals surface area (Å²) < 4.78 is 52.1. The summed E-state index contributed by atoms with van der Waals surface area (Å²) in [5.74, 6) is 0.393. The standard InChI is InChI=1S/C30H31F3N6O4S/c1-17(40)35-27-38-25-22(8-5-9-23(25)44-27)42-24-15-21(18-10-12-19(13-11-18)30(31,32)33)36-26(37-24)34-16-20-7-6-14-39(20)28(41)43-29(2,3)4/h5,8-13,15,20H,6-7,14,16H2,1-4H3,(H,34,36,37)(H,35,38,40)/t20-/m0/s1. The smallest absolute Gasteiger partial charge is 0.416 e. The van der Waals surface area contributed by atoms with Gasteiger partial charge in [0.15, 0.2) is 10.9 Å². The number of benzene rings is 2. The first-order valence-electron chi connectivity index (χ1n) is 13.9. The minimum atomic E-state index is -4.48. The van der Waals surface area contributed by atoms with Gasteiger partial charge in [-0.1, -0.05) is 29.5 Å². The first kappa shape index (κ1) is 31.0. The molecule has 1 saturated heterocycles. The van der Waals surface area contributed by atoms with Crippen molar-refractivity contribution in [1.29, 1.82) is 0 Å². The summed E-state index contributed by atoms with van der Waals surface area (Å²) in [6.07, 6.45) is -3.32. The molecule has 4 aromatic rings. The van der Waals surface area contributed by atoms with Gasteiger partial charge in [0.25, 0.3) is 0 Å². The number of aromatic nitrogens is 3. The summed E-state index contributed by atoms with van der Waals surface area (Å²) >= 11 is 1.28. The van der Waals surface area contributed by atoms with E-state index in [1.165, 1.54) is 36.5 Å². The van der Waals surface area contributed by atoms with E-state index < -0.39 is 23.4 Å². The third kappa shape index (κ3) is 7.54. The van der Waals surface area contributed by atoms with E-state index in [1.54, 1.807) is 17.0 Å². The zero-order chi connectivity index (χ0) is 31.6. The molecule has 1 aliphatic rings. The fraction of sp³-hybridized carbons (Fsp3) is 0.367. The van der Waals surface area contributed by atoms with Gasteiger partial charge in [0, 0.05) is 31.6 Å². The second kappa shape index (κ2) is 12.3. The number of carbonyl (C=O) groups excluding carboxylic acids is 2. The van der Waals surface area contributed by atoms with Gasteiger partial charge in [-0.3, -0.25) is 4.79 Å². The van der Waals surface area contributed by atoms with E-state index in [-0.39, 0.29) is 23.8 Å². The molecular formula is C30H31F3N6O4S. The molecule has 0 aliphatic carbocycles. The molecule has 14 heteroatoms. The van der Waals surface area contributed by atoms with Crippen molar-refractivity contribution in [3.05, 3.63) is 54.1 Å². The lowest BCUT2D eigenvalue weighted by Crippen LogP contribution is -2.42. The fourth-order valence-corrected chi connectivity index (χ4v) is 5.60. The predicted octanol–water partition coefficient (Wildman–Crippen LogP) is 7.33. The maximum atomic E-state index is 13.2. The Morgan fingerprint density at radius 3 is 2.50 bits per heavy atom. The summed E-state index contributed by atoms with van der Waals surface area (Å²) in [5.41, 5.74) is -0.162. The maximum absolute atomic E-state index is 13.2. The highest BCUT2D eigenvalue weighted by Gasteiger charge is 2.32. The van der Waals surface area contributed by atoms with E-state index in [0.29, 0.717) is 40.7 Å². The molecule has 44 heavy (non-hydrogen) atoms. The maximum Gasteiger partial charge on any atom is 0.416 e. The minimum Gasteiger partial charge on any atom is -0.444 e. The van der Waals surface area contributed by atoms with Crippen molar-refractivity contribution in [2.24, 2.45) is 0 Å². The lowest BCUT2D eigenvalue weighted by Gasteiger charge is -2.28. The largest absolute Gasteiger partial charge is 0.444 e. The predicted molar refractivity (Wildman–Crippen MR) is 161 cm³/mol. The van der Waals surface area contributed by atoms with Crippen molar-refractivity contribution in [3.63, 3.8) is 0 Å². The van der Waals surface area contributed by atoms with Crippen molar-refractivity contribution >= 4 is 44.6 Å². The third-order valence-corrected chi connectivity index (χ3v) is 7.53. The van der Waals surface area contributed by atoms with Crippen molar-refractivity contribution < 1.29 is 32.2 Å². The van der Waals surface area contributed by atoms with Crippen LogP contribution in [0, 0.1) is 0 Å². The number of rotatable bonds is 7. The van der Waals surface area contributed by atoms with Crippen LogP contribution in [0.4, 0.5) is 29.0 Å². The van der Waals surface area contributed by atoms with E-state index in [4.69, 9.17) is 9.47 Å². The quantitative estimate of drug-likeness (QED) is 0.218. The molecule has 0 saturated carbocycles. The van der Waals surface area contributed by atoms with E-state index in [0.717, 1.165) is 29.7 Å². The molecule has 5 rings (SSSR count). The molecule has 2 aromatic heterocycles. The van der Waals surface area contributed by atoms with E-state index in [9.17, 15) is 22.8 Å². The Kier molecular flexibility index (Phi) is 8.64. The Morgan fingerprint density at radius 2 is 1.82 bits per heavy atom. The van der Waals surface area contributed by atoms with Gasteiger partial charge >= 0.3 is 12.3 Å². The Morgan fingerprint density at radius 1 is 1.07 bits per heavy atom. The number of hydrogen-bond donors (Lipinski definition) is 2. The van der Waals surface area contributed by atoms with Crippen LogP contribution in [0.2, 0.25) is 0 Å². The average molecular weight is 629 g/mol. The molecule has 0 bridgehead atoms. The van der Waals surface area contributed by atoms with Crippen LogP contribution in [-0.4, -0.2) is 56.6 Å². The normalized spacial score (nSPS) is 15.3. The number of hydrogen-bond acceptors (Lipinski definition) is 9. The Bertz CT molecular complexity index is 1670. The number of halogens is 3. The number of alkyl halides is 3. The lowest BCUT2D eigenvalue weighted by molar-refractivity contribution is -0.137. The van der Waals surface area contributed by atoms with Gasteiger partial charge in [-0.15, -0.1) is 0 Å². The van der Waals surface area contributed by atoms with Crippen LogP contribution in [0.3, 0.4) is 0 Å². The summed E-state index contributed by atoms with van der Waals surface area (Å²) in [6, 6.07) is 11.3. The fourth-order valence-electron chi connectivity index (χ4n) is 4.67. The second-order valence-electron chi connectivity index (χ2n) is 11.2. The number of thiazole rings is 1. The molecule has 1 aliphatic heterocycles. The summed E-state index contributed by atoms with van der Waals surface area (Å²) in [6.45, 7) is 7.69.